The zero-order chi connectivity index (χ0) is 17.1. The maximum absolute atomic E-state index is 5.92. The minimum atomic E-state index is 0.0774. The molecule has 0 aromatic heterocycles. The molecule has 0 aliphatic rings. The van der Waals surface area contributed by atoms with Crippen molar-refractivity contribution >= 4 is 39.2 Å². The third-order valence-electron chi connectivity index (χ3n) is 3.64. The van der Waals surface area contributed by atoms with Gasteiger partial charge in [0, 0.05) is 11.7 Å². The lowest BCUT2D eigenvalue weighted by atomic mass is 10.0. The number of anilines is 1. The lowest BCUT2D eigenvalue weighted by molar-refractivity contribution is 0.831. The third kappa shape index (κ3) is 3.46. The van der Waals surface area contributed by atoms with Crippen LogP contribution in [0, 0.1) is 0 Å². The van der Waals surface area contributed by atoms with Crippen molar-refractivity contribution in [2.45, 2.75) is 19.9 Å². The van der Waals surface area contributed by atoms with E-state index in [4.69, 9.17) is 11.5 Å². The van der Waals surface area contributed by atoms with Gasteiger partial charge in [-0.2, -0.15) is 4.99 Å². The summed E-state index contributed by atoms with van der Waals surface area (Å²) in [5, 5.41) is 7.82. The van der Waals surface area contributed by atoms with Gasteiger partial charge in [0.15, 0.2) is 0 Å². The first-order valence-electron chi connectivity index (χ1n) is 7.89. The molecule has 0 unspecified atom stereocenters. The van der Waals surface area contributed by atoms with Gasteiger partial charge in [-0.15, -0.1) is 0 Å². The number of nitrogens with one attached hydrogen (secondary N) is 1. The number of benzene rings is 3. The van der Waals surface area contributed by atoms with E-state index in [0.717, 1.165) is 11.1 Å². The average Bonchev–Trinajstić information content (AvgIpc) is 2.53. The highest BCUT2D eigenvalue weighted by Gasteiger charge is 2.03. The van der Waals surface area contributed by atoms with Crippen LogP contribution in [0.25, 0.3) is 21.5 Å². The molecule has 3 aromatic carbocycles. The molecule has 0 atom stereocenters. The predicted molar refractivity (Wildman–Crippen MR) is 103 cm³/mol. The minimum Gasteiger partial charge on any atom is -0.369 e. The number of aliphatic imine (C=N–C) groups is 2. The van der Waals surface area contributed by atoms with Gasteiger partial charge < -0.3 is 16.8 Å². The van der Waals surface area contributed by atoms with Gasteiger partial charge in [-0.1, -0.05) is 42.5 Å². The van der Waals surface area contributed by atoms with Crippen LogP contribution in [0.1, 0.15) is 13.8 Å². The molecule has 0 spiro atoms. The van der Waals surface area contributed by atoms with Crippen LogP contribution in [0.2, 0.25) is 0 Å². The highest BCUT2D eigenvalue weighted by atomic mass is 15.2. The monoisotopic (exact) mass is 319 g/mol. The van der Waals surface area contributed by atoms with Crippen molar-refractivity contribution in [2.24, 2.45) is 21.5 Å². The van der Waals surface area contributed by atoms with E-state index in [1.165, 1.54) is 16.2 Å². The zero-order valence-corrected chi connectivity index (χ0v) is 13.8. The van der Waals surface area contributed by atoms with E-state index in [1.807, 2.05) is 32.0 Å². The summed E-state index contributed by atoms with van der Waals surface area (Å²) < 4.78 is 0. The van der Waals surface area contributed by atoms with Crippen LogP contribution in [0.5, 0.6) is 0 Å². The van der Waals surface area contributed by atoms with E-state index in [0.29, 0.717) is 0 Å². The third-order valence-corrected chi connectivity index (χ3v) is 3.64. The van der Waals surface area contributed by atoms with Crippen molar-refractivity contribution < 1.29 is 0 Å². The van der Waals surface area contributed by atoms with E-state index >= 15 is 0 Å². The Morgan fingerprint density at radius 3 is 2.33 bits per heavy atom. The molecule has 122 valence electrons. The summed E-state index contributed by atoms with van der Waals surface area (Å²) in [6, 6.07) is 18.7. The average molecular weight is 319 g/mol. The second-order valence-electron chi connectivity index (χ2n) is 5.93. The van der Waals surface area contributed by atoms with Crippen LogP contribution < -0.4 is 16.8 Å². The summed E-state index contributed by atoms with van der Waals surface area (Å²) in [5.74, 6) is 0.387. The smallest absolute Gasteiger partial charge is 0.218 e. The summed E-state index contributed by atoms with van der Waals surface area (Å²) in [6.45, 7) is 3.86. The Balaban J connectivity index is 1.96. The van der Waals surface area contributed by atoms with Crippen LogP contribution >= 0.6 is 0 Å². The molecule has 24 heavy (non-hydrogen) atoms. The first-order valence-corrected chi connectivity index (χ1v) is 7.89. The highest BCUT2D eigenvalue weighted by molar-refractivity contribution is 6.09. The Morgan fingerprint density at radius 2 is 1.58 bits per heavy atom. The van der Waals surface area contributed by atoms with Crippen molar-refractivity contribution in [3.05, 3.63) is 54.6 Å². The van der Waals surface area contributed by atoms with E-state index in [-0.39, 0.29) is 18.0 Å². The number of hydrogen-bond donors (Lipinski definition) is 3. The quantitative estimate of drug-likeness (QED) is 0.384. The van der Waals surface area contributed by atoms with Crippen LogP contribution in [0.15, 0.2) is 64.6 Å². The maximum atomic E-state index is 5.92. The lowest BCUT2D eigenvalue weighted by Crippen LogP contribution is -2.26. The molecule has 5 N–H and O–H groups in total. The number of nitrogens with two attached hydrogens (primary N) is 2. The Kier molecular flexibility index (Phi) is 4.33. The van der Waals surface area contributed by atoms with Gasteiger partial charge in [-0.05, 0) is 47.5 Å². The largest absolute Gasteiger partial charge is 0.369 e. The van der Waals surface area contributed by atoms with Crippen LogP contribution in [0.3, 0.4) is 0 Å². The second kappa shape index (κ2) is 6.58. The molecule has 0 aliphatic carbocycles. The number of fused-ring (bicyclic) bond motifs is 3. The van der Waals surface area contributed by atoms with Crippen molar-refractivity contribution in [2.75, 3.05) is 5.32 Å². The molecule has 0 radical (unpaired) electrons. The molecular weight excluding hydrogens is 298 g/mol. The van der Waals surface area contributed by atoms with Crippen molar-refractivity contribution in [1.29, 1.82) is 0 Å². The molecule has 3 aromatic rings. The summed E-state index contributed by atoms with van der Waals surface area (Å²) in [7, 11) is 0. The van der Waals surface area contributed by atoms with Gasteiger partial charge in [0.2, 0.25) is 11.9 Å². The van der Waals surface area contributed by atoms with E-state index < -0.39 is 0 Å². The van der Waals surface area contributed by atoms with Gasteiger partial charge in [-0.3, -0.25) is 0 Å². The fourth-order valence-corrected chi connectivity index (χ4v) is 2.67. The molecule has 3 rings (SSSR count). The standard InChI is InChI=1S/C19H21N5/c1-12(2)22-18(20)24-19(21)23-15-10-9-14-8-7-13-5-3-4-6-16(13)17(14)11-15/h3-12H,1-2H3,(H5,20,21,22,23,24). The van der Waals surface area contributed by atoms with Crippen molar-refractivity contribution in [1.82, 2.24) is 0 Å². The van der Waals surface area contributed by atoms with Crippen molar-refractivity contribution in [3.8, 4) is 0 Å². The van der Waals surface area contributed by atoms with E-state index in [9.17, 15) is 0 Å². The van der Waals surface area contributed by atoms with Crippen molar-refractivity contribution in [3.63, 3.8) is 0 Å². The molecule has 0 saturated heterocycles. The number of rotatable bonds is 2. The summed E-state index contributed by atoms with van der Waals surface area (Å²) >= 11 is 0. The first-order chi connectivity index (χ1) is 11.5. The number of guanidine groups is 2. The molecule has 0 fully saturated rings. The minimum absolute atomic E-state index is 0.0774. The molecule has 5 nitrogen and oxygen atoms in total. The fourth-order valence-electron chi connectivity index (χ4n) is 2.67. The summed E-state index contributed by atoms with van der Waals surface area (Å²) in [5.41, 5.74) is 12.5. The maximum Gasteiger partial charge on any atom is 0.218 e. The van der Waals surface area contributed by atoms with Crippen LogP contribution in [0.4, 0.5) is 5.69 Å². The first kappa shape index (κ1) is 15.8. The molecule has 5 heteroatoms. The SMILES string of the molecule is CC(C)N=C(N)/N=C(\N)Nc1ccc2ccc3ccccc3c2c1. The summed E-state index contributed by atoms with van der Waals surface area (Å²) in [6.07, 6.45) is 0. The molecule has 0 amide bonds. The molecule has 0 heterocycles. The topological polar surface area (TPSA) is 88.8 Å². The molecule has 0 bridgehead atoms. The molecule has 0 saturated carbocycles. The molecular formula is C19H21N5. The molecule has 0 aliphatic heterocycles. The van der Waals surface area contributed by atoms with Crippen LogP contribution in [-0.2, 0) is 0 Å². The van der Waals surface area contributed by atoms with E-state index in [1.54, 1.807) is 0 Å². The second-order valence-corrected chi connectivity index (χ2v) is 5.93. The Hall–Kier alpha value is -3.08. The lowest BCUT2D eigenvalue weighted by Gasteiger charge is -2.09. The van der Waals surface area contributed by atoms with Gasteiger partial charge in [-0.25, -0.2) is 4.99 Å². The van der Waals surface area contributed by atoms with Gasteiger partial charge in [0.25, 0.3) is 0 Å². The number of nitrogens with zero attached hydrogens (tertiary/aromatic N) is 2. The fraction of sp³-hybridized carbons (Fsp3) is 0.158. The van der Waals surface area contributed by atoms with Gasteiger partial charge >= 0.3 is 0 Å². The van der Waals surface area contributed by atoms with Gasteiger partial charge in [0.05, 0.1) is 0 Å². The summed E-state index contributed by atoms with van der Waals surface area (Å²) in [4.78, 5) is 8.20. The van der Waals surface area contributed by atoms with Crippen LogP contribution in [-0.4, -0.2) is 18.0 Å². The Labute approximate surface area is 141 Å². The van der Waals surface area contributed by atoms with Gasteiger partial charge in [0.1, 0.15) is 0 Å². The highest BCUT2D eigenvalue weighted by Crippen LogP contribution is 2.27. The zero-order valence-electron chi connectivity index (χ0n) is 13.8. The number of hydrogen-bond acceptors (Lipinski definition) is 1. The van der Waals surface area contributed by atoms with E-state index in [2.05, 4.69) is 51.7 Å². The Bertz CT molecular complexity index is 941. The predicted octanol–water partition coefficient (Wildman–Crippen LogP) is 3.44. The normalized spacial score (nSPS) is 13.0. The Morgan fingerprint density at radius 1 is 0.917 bits per heavy atom.